The Balaban J connectivity index is 2.01. The molecule has 1 amide bonds. The van der Waals surface area contributed by atoms with Crippen molar-refractivity contribution in [1.82, 2.24) is 4.31 Å². The molecule has 0 aliphatic heterocycles. The molecule has 9 heteroatoms. The summed E-state index contributed by atoms with van der Waals surface area (Å²) in [7, 11) is -1.22. The zero-order valence-corrected chi connectivity index (χ0v) is 16.7. The SMILES string of the molecule is CCOc1ccc(S(=O)(=O)N(C)CC(=O)Nc2ccc(C(=O)OC)cc2)cc1. The van der Waals surface area contributed by atoms with E-state index in [9.17, 15) is 18.0 Å². The fourth-order valence-electron chi connectivity index (χ4n) is 2.35. The van der Waals surface area contributed by atoms with Crippen LogP contribution >= 0.6 is 0 Å². The van der Waals surface area contributed by atoms with E-state index in [0.717, 1.165) is 4.31 Å². The van der Waals surface area contributed by atoms with Gasteiger partial charge in [0.1, 0.15) is 5.75 Å². The summed E-state index contributed by atoms with van der Waals surface area (Å²) >= 11 is 0. The van der Waals surface area contributed by atoms with Gasteiger partial charge in [-0.15, -0.1) is 0 Å². The van der Waals surface area contributed by atoms with Crippen LogP contribution in [0.4, 0.5) is 5.69 Å². The number of hydrogen-bond acceptors (Lipinski definition) is 6. The van der Waals surface area contributed by atoms with Crippen molar-refractivity contribution in [2.75, 3.05) is 32.6 Å². The Kier molecular flexibility index (Phi) is 7.13. The van der Waals surface area contributed by atoms with E-state index in [0.29, 0.717) is 23.6 Å². The minimum absolute atomic E-state index is 0.0636. The molecule has 0 aliphatic rings. The predicted molar refractivity (Wildman–Crippen MR) is 104 cm³/mol. The molecule has 0 radical (unpaired) electrons. The van der Waals surface area contributed by atoms with Crippen molar-refractivity contribution in [3.8, 4) is 5.75 Å². The van der Waals surface area contributed by atoms with E-state index < -0.39 is 21.9 Å². The lowest BCUT2D eigenvalue weighted by Gasteiger charge is -2.17. The van der Waals surface area contributed by atoms with Crippen LogP contribution in [0.3, 0.4) is 0 Å². The minimum atomic E-state index is -3.82. The van der Waals surface area contributed by atoms with Crippen LogP contribution in [0.5, 0.6) is 5.75 Å². The van der Waals surface area contributed by atoms with E-state index in [2.05, 4.69) is 10.1 Å². The second kappa shape index (κ2) is 9.34. The van der Waals surface area contributed by atoms with E-state index in [1.807, 2.05) is 6.92 Å². The Bertz CT molecular complexity index is 924. The van der Waals surface area contributed by atoms with Gasteiger partial charge in [-0.05, 0) is 55.5 Å². The van der Waals surface area contributed by atoms with Crippen molar-refractivity contribution < 1.29 is 27.5 Å². The summed E-state index contributed by atoms with van der Waals surface area (Å²) in [5.41, 5.74) is 0.778. The number of hydrogen-bond donors (Lipinski definition) is 1. The summed E-state index contributed by atoms with van der Waals surface area (Å²) < 4.78 is 36.0. The van der Waals surface area contributed by atoms with Gasteiger partial charge in [-0.25, -0.2) is 13.2 Å². The molecule has 0 aliphatic carbocycles. The topological polar surface area (TPSA) is 102 Å². The highest BCUT2D eigenvalue weighted by Crippen LogP contribution is 2.19. The average Bonchev–Trinajstić information content (AvgIpc) is 2.68. The Hall–Kier alpha value is -2.91. The maximum absolute atomic E-state index is 12.6. The van der Waals surface area contributed by atoms with Crippen molar-refractivity contribution >= 4 is 27.6 Å². The molecular formula is C19H22N2O6S. The van der Waals surface area contributed by atoms with Crippen molar-refractivity contribution in [2.24, 2.45) is 0 Å². The van der Waals surface area contributed by atoms with Crippen LogP contribution in [-0.4, -0.2) is 51.9 Å². The fourth-order valence-corrected chi connectivity index (χ4v) is 3.48. The van der Waals surface area contributed by atoms with E-state index >= 15 is 0 Å². The van der Waals surface area contributed by atoms with Gasteiger partial charge in [-0.2, -0.15) is 4.31 Å². The van der Waals surface area contributed by atoms with Gasteiger partial charge in [-0.3, -0.25) is 4.79 Å². The number of methoxy groups -OCH3 is 1. The van der Waals surface area contributed by atoms with Gasteiger partial charge < -0.3 is 14.8 Å². The highest BCUT2D eigenvalue weighted by Gasteiger charge is 2.23. The lowest BCUT2D eigenvalue weighted by atomic mass is 10.2. The van der Waals surface area contributed by atoms with Gasteiger partial charge >= 0.3 is 5.97 Å². The molecule has 2 rings (SSSR count). The van der Waals surface area contributed by atoms with Crippen molar-refractivity contribution in [1.29, 1.82) is 0 Å². The third-order valence-electron chi connectivity index (χ3n) is 3.80. The second-order valence-electron chi connectivity index (χ2n) is 5.78. The summed E-state index contributed by atoms with van der Waals surface area (Å²) in [5, 5.41) is 2.59. The maximum Gasteiger partial charge on any atom is 0.337 e. The molecule has 8 nitrogen and oxygen atoms in total. The van der Waals surface area contributed by atoms with Gasteiger partial charge in [0, 0.05) is 12.7 Å². The molecule has 0 saturated carbocycles. The first-order valence-electron chi connectivity index (χ1n) is 8.45. The van der Waals surface area contributed by atoms with Gasteiger partial charge in [0.05, 0.1) is 30.7 Å². The van der Waals surface area contributed by atoms with Gasteiger partial charge in [0.15, 0.2) is 0 Å². The van der Waals surface area contributed by atoms with Gasteiger partial charge in [-0.1, -0.05) is 0 Å². The van der Waals surface area contributed by atoms with Gasteiger partial charge in [0.2, 0.25) is 15.9 Å². The summed E-state index contributed by atoms with van der Waals surface area (Å²) in [6.45, 7) is 1.95. The molecule has 0 bridgehead atoms. The summed E-state index contributed by atoms with van der Waals surface area (Å²) in [5.74, 6) is -0.431. The Morgan fingerprint density at radius 3 is 2.18 bits per heavy atom. The number of ether oxygens (including phenoxy) is 2. The molecule has 0 fully saturated rings. The standard InChI is InChI=1S/C19H22N2O6S/c1-4-27-16-9-11-17(12-10-16)28(24,25)21(2)13-18(22)20-15-7-5-14(6-8-15)19(23)26-3/h5-12H,4,13H2,1-3H3,(H,20,22). The number of anilines is 1. The molecular weight excluding hydrogens is 384 g/mol. The molecule has 150 valence electrons. The number of nitrogens with zero attached hydrogens (tertiary/aromatic N) is 1. The molecule has 0 unspecified atom stereocenters. The highest BCUT2D eigenvalue weighted by molar-refractivity contribution is 7.89. The minimum Gasteiger partial charge on any atom is -0.494 e. The predicted octanol–water partition coefficient (Wildman–Crippen LogP) is 2.13. The Labute approximate surface area is 164 Å². The van der Waals surface area contributed by atoms with Crippen LogP contribution in [0.15, 0.2) is 53.4 Å². The number of rotatable bonds is 8. The Morgan fingerprint density at radius 2 is 1.64 bits per heavy atom. The largest absolute Gasteiger partial charge is 0.494 e. The second-order valence-corrected chi connectivity index (χ2v) is 7.83. The highest BCUT2D eigenvalue weighted by atomic mass is 32.2. The van der Waals surface area contributed by atoms with Crippen molar-refractivity contribution in [3.63, 3.8) is 0 Å². The quantitative estimate of drug-likeness (QED) is 0.674. The summed E-state index contributed by atoms with van der Waals surface area (Å²) in [4.78, 5) is 23.7. The number of esters is 1. The van der Waals surface area contributed by atoms with Crippen LogP contribution in [-0.2, 0) is 19.6 Å². The van der Waals surface area contributed by atoms with E-state index in [1.165, 1.54) is 50.6 Å². The molecule has 0 heterocycles. The first-order valence-corrected chi connectivity index (χ1v) is 9.89. The van der Waals surface area contributed by atoms with Crippen molar-refractivity contribution in [2.45, 2.75) is 11.8 Å². The first kappa shape index (κ1) is 21.4. The van der Waals surface area contributed by atoms with E-state index in [4.69, 9.17) is 4.74 Å². The molecule has 2 aromatic carbocycles. The van der Waals surface area contributed by atoms with Crippen LogP contribution in [0.1, 0.15) is 17.3 Å². The smallest absolute Gasteiger partial charge is 0.337 e. The molecule has 0 spiro atoms. The third-order valence-corrected chi connectivity index (χ3v) is 5.62. The molecule has 1 N–H and O–H groups in total. The number of nitrogens with one attached hydrogen (secondary N) is 1. The number of sulfonamides is 1. The van der Waals surface area contributed by atoms with Crippen LogP contribution in [0.2, 0.25) is 0 Å². The first-order chi connectivity index (χ1) is 13.3. The molecule has 28 heavy (non-hydrogen) atoms. The molecule has 0 aromatic heterocycles. The summed E-state index contributed by atoms with van der Waals surface area (Å²) in [6.07, 6.45) is 0. The van der Waals surface area contributed by atoms with E-state index in [-0.39, 0.29) is 11.4 Å². The molecule has 0 saturated heterocycles. The number of amides is 1. The zero-order valence-electron chi connectivity index (χ0n) is 15.8. The lowest BCUT2D eigenvalue weighted by Crippen LogP contribution is -2.34. The van der Waals surface area contributed by atoms with Crippen LogP contribution in [0, 0.1) is 0 Å². The lowest BCUT2D eigenvalue weighted by molar-refractivity contribution is -0.116. The van der Waals surface area contributed by atoms with Gasteiger partial charge in [0.25, 0.3) is 0 Å². The third kappa shape index (κ3) is 5.30. The molecule has 0 atom stereocenters. The Morgan fingerprint density at radius 1 is 1.04 bits per heavy atom. The zero-order chi connectivity index (χ0) is 20.7. The normalized spacial score (nSPS) is 11.1. The van der Waals surface area contributed by atoms with E-state index in [1.54, 1.807) is 12.1 Å². The monoisotopic (exact) mass is 406 g/mol. The number of carbonyl (C=O) groups excluding carboxylic acids is 2. The summed E-state index contributed by atoms with van der Waals surface area (Å²) in [6, 6.07) is 12.1. The number of carbonyl (C=O) groups is 2. The molecule has 2 aromatic rings. The van der Waals surface area contributed by atoms with Crippen LogP contribution in [0.25, 0.3) is 0 Å². The van der Waals surface area contributed by atoms with Crippen LogP contribution < -0.4 is 10.1 Å². The maximum atomic E-state index is 12.6. The van der Waals surface area contributed by atoms with Crippen molar-refractivity contribution in [3.05, 3.63) is 54.1 Å². The average molecular weight is 406 g/mol. The number of likely N-dealkylation sites (N-methyl/N-ethyl adjacent to an activating group) is 1. The fraction of sp³-hybridized carbons (Fsp3) is 0.263. The number of benzene rings is 2.